The molecule has 0 aliphatic heterocycles. The Morgan fingerprint density at radius 2 is 1.81 bits per heavy atom. The average Bonchev–Trinajstić information content (AvgIpc) is 2.25. The van der Waals surface area contributed by atoms with Crippen molar-refractivity contribution in [2.24, 2.45) is 0 Å². The maximum atomic E-state index is 11.3. The van der Waals surface area contributed by atoms with Gasteiger partial charge in [-0.3, -0.25) is 4.79 Å². The van der Waals surface area contributed by atoms with Gasteiger partial charge in [0.2, 0.25) is 10.0 Å². The first kappa shape index (κ1) is 12.9. The van der Waals surface area contributed by atoms with E-state index in [1.807, 2.05) is 6.92 Å². The second kappa shape index (κ2) is 5.23. The lowest BCUT2D eigenvalue weighted by Crippen LogP contribution is -2.21. The van der Waals surface area contributed by atoms with Crippen molar-refractivity contribution in [3.63, 3.8) is 0 Å². The van der Waals surface area contributed by atoms with Gasteiger partial charge in [-0.1, -0.05) is 31.2 Å². The molecule has 16 heavy (non-hydrogen) atoms. The topological polar surface area (TPSA) is 63.2 Å². The molecular weight excluding hydrogens is 226 g/mol. The smallest absolute Gasteiger partial charge is 0.209 e. The Bertz CT molecular complexity index is 463. The molecule has 4 nitrogen and oxygen atoms in total. The summed E-state index contributed by atoms with van der Waals surface area (Å²) in [4.78, 5) is 11.3. The highest BCUT2D eigenvalue weighted by molar-refractivity contribution is 7.88. The zero-order valence-corrected chi connectivity index (χ0v) is 10.2. The number of hydrogen-bond donors (Lipinski definition) is 1. The molecule has 1 rings (SSSR count). The summed E-state index contributed by atoms with van der Waals surface area (Å²) in [5.41, 5.74) is 1.49. The number of hydrogen-bond acceptors (Lipinski definition) is 3. The number of benzene rings is 1. The van der Waals surface area contributed by atoms with E-state index in [4.69, 9.17) is 0 Å². The molecule has 0 unspecified atom stereocenters. The van der Waals surface area contributed by atoms with E-state index in [1.165, 1.54) is 0 Å². The summed E-state index contributed by atoms with van der Waals surface area (Å²) < 4.78 is 24.1. The Morgan fingerprint density at radius 1 is 1.25 bits per heavy atom. The summed E-state index contributed by atoms with van der Waals surface area (Å²) in [5, 5.41) is 0. The van der Waals surface area contributed by atoms with Crippen molar-refractivity contribution in [2.75, 3.05) is 6.26 Å². The number of Topliss-reactive ketones (excluding diaryl/α,β-unsaturated/α-hetero) is 1. The maximum Gasteiger partial charge on any atom is 0.209 e. The second-order valence-electron chi connectivity index (χ2n) is 3.57. The first-order chi connectivity index (χ1) is 7.42. The van der Waals surface area contributed by atoms with Crippen LogP contribution in [0.4, 0.5) is 0 Å². The van der Waals surface area contributed by atoms with Crippen molar-refractivity contribution in [3.05, 3.63) is 35.4 Å². The highest BCUT2D eigenvalue weighted by Crippen LogP contribution is 2.06. The molecule has 1 aromatic rings. The number of sulfonamides is 1. The van der Waals surface area contributed by atoms with E-state index >= 15 is 0 Å². The van der Waals surface area contributed by atoms with E-state index in [2.05, 4.69) is 4.72 Å². The first-order valence-electron chi connectivity index (χ1n) is 4.99. The van der Waals surface area contributed by atoms with Gasteiger partial charge in [0.25, 0.3) is 0 Å². The summed E-state index contributed by atoms with van der Waals surface area (Å²) in [7, 11) is -3.17. The van der Waals surface area contributed by atoms with E-state index in [9.17, 15) is 13.2 Å². The van der Waals surface area contributed by atoms with E-state index < -0.39 is 10.0 Å². The predicted molar refractivity (Wildman–Crippen MR) is 62.7 cm³/mol. The lowest BCUT2D eigenvalue weighted by atomic mass is 10.1. The molecule has 0 spiro atoms. The fraction of sp³-hybridized carbons (Fsp3) is 0.364. The molecule has 1 aromatic carbocycles. The van der Waals surface area contributed by atoms with Crippen LogP contribution in [0.1, 0.15) is 29.3 Å². The van der Waals surface area contributed by atoms with Crippen molar-refractivity contribution >= 4 is 15.8 Å². The molecule has 1 N–H and O–H groups in total. The largest absolute Gasteiger partial charge is 0.294 e. The predicted octanol–water partition coefficient (Wildman–Crippen LogP) is 1.33. The number of nitrogens with one attached hydrogen (secondary N) is 1. The molecule has 0 aliphatic carbocycles. The van der Waals surface area contributed by atoms with Crippen LogP contribution in [0, 0.1) is 0 Å². The average molecular weight is 241 g/mol. The summed E-state index contributed by atoms with van der Waals surface area (Å²) in [5.74, 6) is 0.0858. The molecule has 5 heteroatoms. The highest BCUT2D eigenvalue weighted by Gasteiger charge is 2.04. The van der Waals surface area contributed by atoms with E-state index in [1.54, 1.807) is 24.3 Å². The van der Waals surface area contributed by atoms with Crippen molar-refractivity contribution in [2.45, 2.75) is 19.9 Å². The fourth-order valence-electron chi connectivity index (χ4n) is 1.23. The third-order valence-corrected chi connectivity index (χ3v) is 2.80. The Hall–Kier alpha value is -1.20. The third-order valence-electron chi connectivity index (χ3n) is 2.14. The van der Waals surface area contributed by atoms with Gasteiger partial charge >= 0.3 is 0 Å². The van der Waals surface area contributed by atoms with Gasteiger partial charge in [-0.2, -0.15) is 0 Å². The number of ketones is 1. The minimum absolute atomic E-state index is 0.0858. The monoisotopic (exact) mass is 241 g/mol. The molecule has 0 fully saturated rings. The summed E-state index contributed by atoms with van der Waals surface area (Å²) in [6.07, 6.45) is 1.59. The Labute approximate surface area is 95.7 Å². The summed E-state index contributed by atoms with van der Waals surface area (Å²) in [6.45, 7) is 2.06. The molecule has 0 saturated carbocycles. The van der Waals surface area contributed by atoms with Crippen LogP contribution in [0.25, 0.3) is 0 Å². The number of carbonyl (C=O) groups is 1. The Balaban J connectivity index is 2.69. The van der Waals surface area contributed by atoms with Crippen LogP contribution in [0.2, 0.25) is 0 Å². The molecule has 0 bridgehead atoms. The molecule has 0 amide bonds. The van der Waals surface area contributed by atoms with Crippen LogP contribution in [0.15, 0.2) is 24.3 Å². The van der Waals surface area contributed by atoms with Gasteiger partial charge in [-0.05, 0) is 5.56 Å². The molecule has 0 aliphatic rings. The van der Waals surface area contributed by atoms with Gasteiger partial charge < -0.3 is 0 Å². The minimum Gasteiger partial charge on any atom is -0.294 e. The van der Waals surface area contributed by atoms with Crippen molar-refractivity contribution in [1.29, 1.82) is 0 Å². The molecule has 0 saturated heterocycles. The van der Waals surface area contributed by atoms with E-state index in [-0.39, 0.29) is 12.3 Å². The van der Waals surface area contributed by atoms with Gasteiger partial charge in [0.05, 0.1) is 6.26 Å². The van der Waals surface area contributed by atoms with Gasteiger partial charge in [0.1, 0.15) is 0 Å². The molecular formula is C11H15NO3S. The summed E-state index contributed by atoms with van der Waals surface area (Å²) >= 11 is 0. The molecule has 0 aromatic heterocycles. The SMILES string of the molecule is CCC(=O)c1ccc(CNS(C)(=O)=O)cc1. The standard InChI is InChI=1S/C11H15NO3S/c1-3-11(13)10-6-4-9(5-7-10)8-12-16(2,14)15/h4-7,12H,3,8H2,1-2H3. The summed E-state index contributed by atoms with van der Waals surface area (Å²) in [6, 6.07) is 6.93. The van der Waals surface area contributed by atoms with Crippen LogP contribution in [0.3, 0.4) is 0 Å². The molecule has 0 heterocycles. The van der Waals surface area contributed by atoms with Gasteiger partial charge in [0, 0.05) is 18.5 Å². The Morgan fingerprint density at radius 3 is 2.25 bits per heavy atom. The number of rotatable bonds is 5. The first-order valence-corrected chi connectivity index (χ1v) is 6.88. The lowest BCUT2D eigenvalue weighted by Gasteiger charge is -2.03. The van der Waals surface area contributed by atoms with Crippen molar-refractivity contribution in [3.8, 4) is 0 Å². The van der Waals surface area contributed by atoms with Crippen LogP contribution < -0.4 is 4.72 Å². The zero-order chi connectivity index (χ0) is 12.2. The van der Waals surface area contributed by atoms with Gasteiger partial charge in [-0.15, -0.1) is 0 Å². The van der Waals surface area contributed by atoms with Crippen LogP contribution in [-0.4, -0.2) is 20.5 Å². The minimum atomic E-state index is -3.17. The van der Waals surface area contributed by atoms with Crippen molar-refractivity contribution < 1.29 is 13.2 Å². The second-order valence-corrected chi connectivity index (χ2v) is 5.40. The normalized spacial score (nSPS) is 11.4. The number of carbonyl (C=O) groups excluding carboxylic acids is 1. The third kappa shape index (κ3) is 4.12. The Kier molecular flexibility index (Phi) is 4.20. The quantitative estimate of drug-likeness (QED) is 0.791. The lowest BCUT2D eigenvalue weighted by molar-refractivity contribution is 0.0988. The molecule has 0 radical (unpaired) electrons. The van der Waals surface area contributed by atoms with E-state index in [0.29, 0.717) is 12.0 Å². The van der Waals surface area contributed by atoms with E-state index in [0.717, 1.165) is 11.8 Å². The van der Waals surface area contributed by atoms with Crippen LogP contribution >= 0.6 is 0 Å². The van der Waals surface area contributed by atoms with Crippen molar-refractivity contribution in [1.82, 2.24) is 4.72 Å². The van der Waals surface area contributed by atoms with Gasteiger partial charge in [-0.25, -0.2) is 13.1 Å². The fourth-order valence-corrected chi connectivity index (χ4v) is 1.66. The maximum absolute atomic E-state index is 11.3. The highest BCUT2D eigenvalue weighted by atomic mass is 32.2. The molecule has 88 valence electrons. The molecule has 0 atom stereocenters. The van der Waals surface area contributed by atoms with Gasteiger partial charge in [0.15, 0.2) is 5.78 Å². The van der Waals surface area contributed by atoms with Crippen LogP contribution in [-0.2, 0) is 16.6 Å². The zero-order valence-electron chi connectivity index (χ0n) is 9.36. The van der Waals surface area contributed by atoms with Crippen LogP contribution in [0.5, 0.6) is 0 Å².